The topological polar surface area (TPSA) is 68.9 Å². The molecule has 1 saturated heterocycles. The Morgan fingerprint density at radius 1 is 1.22 bits per heavy atom. The van der Waals surface area contributed by atoms with Crippen molar-refractivity contribution in [2.45, 2.75) is 44.9 Å². The first-order valence-electron chi connectivity index (χ1n) is 9.60. The van der Waals surface area contributed by atoms with Gasteiger partial charge in [-0.05, 0) is 56.7 Å². The van der Waals surface area contributed by atoms with E-state index < -0.39 is 0 Å². The zero-order chi connectivity index (χ0) is 19.2. The molecule has 1 atom stereocenters. The molecule has 27 heavy (non-hydrogen) atoms. The first-order chi connectivity index (χ1) is 12.9. The van der Waals surface area contributed by atoms with Crippen LogP contribution in [0, 0.1) is 25.2 Å². The number of piperidine rings is 1. The fourth-order valence-corrected chi connectivity index (χ4v) is 4.64. The second kappa shape index (κ2) is 6.49. The number of aromatic nitrogens is 3. The summed E-state index contributed by atoms with van der Waals surface area (Å²) in [7, 11) is 3.96. The monoisotopic (exact) mass is 362 g/mol. The van der Waals surface area contributed by atoms with Crippen molar-refractivity contribution in [3.8, 4) is 6.07 Å². The normalized spacial score (nSPS) is 21.2. The van der Waals surface area contributed by atoms with E-state index in [9.17, 15) is 5.26 Å². The van der Waals surface area contributed by atoms with E-state index in [2.05, 4.69) is 16.0 Å². The predicted octanol–water partition coefficient (Wildman–Crippen LogP) is 2.91. The van der Waals surface area contributed by atoms with E-state index in [-0.39, 0.29) is 5.41 Å². The van der Waals surface area contributed by atoms with Crippen LogP contribution >= 0.6 is 0 Å². The van der Waals surface area contributed by atoms with Gasteiger partial charge in [0.2, 0.25) is 5.95 Å². The molecule has 1 fully saturated rings. The van der Waals surface area contributed by atoms with Crippen LogP contribution in [0.15, 0.2) is 12.3 Å². The highest BCUT2D eigenvalue weighted by Gasteiger charge is 2.44. The lowest BCUT2D eigenvalue weighted by atomic mass is 9.77. The Morgan fingerprint density at radius 3 is 2.78 bits per heavy atom. The van der Waals surface area contributed by atoms with E-state index in [1.54, 1.807) is 0 Å². The van der Waals surface area contributed by atoms with Gasteiger partial charge in [-0.15, -0.1) is 0 Å². The molecule has 1 spiro atoms. The average molecular weight is 362 g/mol. The number of rotatable bonds is 2. The van der Waals surface area contributed by atoms with Gasteiger partial charge >= 0.3 is 0 Å². The maximum absolute atomic E-state index is 9.69. The van der Waals surface area contributed by atoms with Crippen LogP contribution in [0.2, 0.25) is 0 Å². The fraction of sp³-hybridized carbons (Fsp3) is 0.524. The number of anilines is 2. The molecule has 0 bridgehead atoms. The zero-order valence-corrected chi connectivity index (χ0v) is 16.6. The lowest BCUT2D eigenvalue weighted by Gasteiger charge is -2.41. The number of hydrogen-bond donors (Lipinski definition) is 0. The van der Waals surface area contributed by atoms with Crippen molar-refractivity contribution in [2.75, 3.05) is 37.0 Å². The summed E-state index contributed by atoms with van der Waals surface area (Å²) in [6.07, 6.45) is 6.34. The van der Waals surface area contributed by atoms with Crippen molar-refractivity contribution in [2.24, 2.45) is 0 Å². The van der Waals surface area contributed by atoms with Crippen LogP contribution in [0.3, 0.4) is 0 Å². The number of aryl methyl sites for hydroxylation is 3. The smallest absolute Gasteiger partial charge is 0.225 e. The van der Waals surface area contributed by atoms with Crippen LogP contribution < -0.4 is 9.80 Å². The largest absolute Gasteiger partial charge is 0.355 e. The van der Waals surface area contributed by atoms with Crippen molar-refractivity contribution in [3.63, 3.8) is 0 Å². The summed E-state index contributed by atoms with van der Waals surface area (Å²) in [4.78, 5) is 18.5. The molecule has 2 aromatic heterocycles. The number of hydrogen-bond acceptors (Lipinski definition) is 6. The van der Waals surface area contributed by atoms with Gasteiger partial charge in [0.15, 0.2) is 0 Å². The highest BCUT2D eigenvalue weighted by atomic mass is 15.2. The predicted molar refractivity (Wildman–Crippen MR) is 106 cm³/mol. The fourth-order valence-electron chi connectivity index (χ4n) is 4.64. The summed E-state index contributed by atoms with van der Waals surface area (Å²) in [5.74, 6) is 1.61. The minimum Gasteiger partial charge on any atom is -0.355 e. The van der Waals surface area contributed by atoms with E-state index in [1.807, 2.05) is 45.1 Å². The minimum absolute atomic E-state index is 0.0351. The first-order valence-corrected chi connectivity index (χ1v) is 9.60. The second-order valence-electron chi connectivity index (χ2n) is 8.13. The van der Waals surface area contributed by atoms with Gasteiger partial charge in [0.05, 0.1) is 11.3 Å². The standard InChI is InChI=1S/C21H26N6/c1-14-10-15(2)24-19(17(14)11-22)27-9-5-7-21(13-27)8-6-16-12-23-20(26(3)4)25-18(16)21/h10,12H,5-9,13H2,1-4H3. The van der Waals surface area contributed by atoms with Crippen LogP contribution in [-0.2, 0) is 11.8 Å². The summed E-state index contributed by atoms with van der Waals surface area (Å²) in [6, 6.07) is 4.36. The molecular formula is C21H26N6. The van der Waals surface area contributed by atoms with Crippen LogP contribution in [-0.4, -0.2) is 42.1 Å². The highest BCUT2D eigenvalue weighted by molar-refractivity contribution is 5.59. The Morgan fingerprint density at radius 2 is 2.04 bits per heavy atom. The van der Waals surface area contributed by atoms with Gasteiger partial charge in [0.25, 0.3) is 0 Å². The Labute approximate surface area is 160 Å². The molecule has 0 amide bonds. The number of fused-ring (bicyclic) bond motifs is 2. The summed E-state index contributed by atoms with van der Waals surface area (Å²) < 4.78 is 0. The molecule has 4 rings (SSSR count). The van der Waals surface area contributed by atoms with Crippen LogP contribution in [0.1, 0.15) is 47.3 Å². The molecule has 2 aromatic rings. The van der Waals surface area contributed by atoms with Gasteiger partial charge in [-0.1, -0.05) is 0 Å². The molecule has 0 radical (unpaired) electrons. The quantitative estimate of drug-likeness (QED) is 0.818. The number of nitriles is 1. The molecule has 3 heterocycles. The van der Waals surface area contributed by atoms with Crippen molar-refractivity contribution < 1.29 is 0 Å². The van der Waals surface area contributed by atoms with Crippen molar-refractivity contribution in [1.29, 1.82) is 5.26 Å². The highest BCUT2D eigenvalue weighted by Crippen LogP contribution is 2.45. The van der Waals surface area contributed by atoms with Crippen molar-refractivity contribution in [3.05, 3.63) is 40.3 Å². The molecule has 1 aliphatic carbocycles. The maximum Gasteiger partial charge on any atom is 0.225 e. The van der Waals surface area contributed by atoms with E-state index in [4.69, 9.17) is 9.97 Å². The molecule has 1 aliphatic heterocycles. The first kappa shape index (κ1) is 17.7. The van der Waals surface area contributed by atoms with Gasteiger partial charge in [-0.2, -0.15) is 5.26 Å². The Bertz CT molecular complexity index is 925. The van der Waals surface area contributed by atoms with Gasteiger partial charge in [0, 0.05) is 44.5 Å². The van der Waals surface area contributed by atoms with E-state index in [0.29, 0.717) is 5.56 Å². The van der Waals surface area contributed by atoms with Gasteiger partial charge < -0.3 is 9.80 Å². The molecular weight excluding hydrogens is 336 g/mol. The van der Waals surface area contributed by atoms with E-state index in [1.165, 1.54) is 11.3 Å². The van der Waals surface area contributed by atoms with Gasteiger partial charge in [0.1, 0.15) is 11.9 Å². The lowest BCUT2D eigenvalue weighted by molar-refractivity contribution is 0.333. The number of pyridine rings is 1. The third-order valence-corrected chi connectivity index (χ3v) is 5.94. The molecule has 0 saturated carbocycles. The Kier molecular flexibility index (Phi) is 4.26. The molecule has 6 heteroatoms. The molecule has 1 unspecified atom stereocenters. The molecule has 0 N–H and O–H groups in total. The second-order valence-corrected chi connectivity index (χ2v) is 8.13. The van der Waals surface area contributed by atoms with E-state index in [0.717, 1.165) is 61.8 Å². The molecule has 6 nitrogen and oxygen atoms in total. The lowest BCUT2D eigenvalue weighted by Crippen LogP contribution is -2.46. The molecule has 0 aromatic carbocycles. The van der Waals surface area contributed by atoms with Crippen LogP contribution in [0.4, 0.5) is 11.8 Å². The molecule has 140 valence electrons. The minimum atomic E-state index is 0.0351. The van der Waals surface area contributed by atoms with Crippen molar-refractivity contribution >= 4 is 11.8 Å². The third kappa shape index (κ3) is 2.91. The van der Waals surface area contributed by atoms with E-state index >= 15 is 0 Å². The van der Waals surface area contributed by atoms with Crippen molar-refractivity contribution in [1.82, 2.24) is 15.0 Å². The summed E-state index contributed by atoms with van der Waals surface area (Å²) >= 11 is 0. The SMILES string of the molecule is Cc1cc(C)c(C#N)c(N2CCCC3(CCc4cnc(N(C)C)nc43)C2)n1. The Hall–Kier alpha value is -2.68. The third-order valence-electron chi connectivity index (χ3n) is 5.94. The van der Waals surface area contributed by atoms with Gasteiger partial charge in [-0.3, -0.25) is 0 Å². The summed E-state index contributed by atoms with van der Waals surface area (Å²) in [5, 5.41) is 9.69. The zero-order valence-electron chi connectivity index (χ0n) is 16.6. The van der Waals surface area contributed by atoms with Crippen LogP contribution in [0.25, 0.3) is 0 Å². The maximum atomic E-state index is 9.69. The summed E-state index contributed by atoms with van der Waals surface area (Å²) in [5.41, 5.74) is 5.18. The summed E-state index contributed by atoms with van der Waals surface area (Å²) in [6.45, 7) is 5.80. The Balaban J connectivity index is 1.74. The number of nitrogens with zero attached hydrogens (tertiary/aromatic N) is 6. The van der Waals surface area contributed by atoms with Crippen LogP contribution in [0.5, 0.6) is 0 Å². The van der Waals surface area contributed by atoms with Gasteiger partial charge in [-0.25, -0.2) is 15.0 Å². The average Bonchev–Trinajstić information content (AvgIpc) is 2.98. The molecule has 2 aliphatic rings.